The fourth-order valence-electron chi connectivity index (χ4n) is 1.51. The van der Waals surface area contributed by atoms with Crippen LogP contribution in [-0.2, 0) is 0 Å². The molecule has 1 rings (SSSR count). The van der Waals surface area contributed by atoms with Gasteiger partial charge in [-0.25, -0.2) is 0 Å². The fraction of sp³-hybridized carbons (Fsp3) is 0.667. The van der Waals surface area contributed by atoms with Crippen LogP contribution in [0.4, 0.5) is 0 Å². The molecule has 0 N–H and O–H groups in total. The molecular weight excluding hydrogens is 190 g/mol. The summed E-state index contributed by atoms with van der Waals surface area (Å²) in [5, 5.41) is 6.19. The van der Waals surface area contributed by atoms with Gasteiger partial charge in [0.15, 0.2) is 0 Å². The van der Waals surface area contributed by atoms with Gasteiger partial charge in [0.25, 0.3) is 0 Å². The van der Waals surface area contributed by atoms with Crippen molar-refractivity contribution in [1.82, 2.24) is 5.32 Å². The van der Waals surface area contributed by atoms with E-state index >= 15 is 0 Å². The number of unbranched alkanes of at least 4 members (excludes halogenated alkanes) is 5. The van der Waals surface area contributed by atoms with E-state index in [-0.39, 0.29) is 0 Å². The van der Waals surface area contributed by atoms with Gasteiger partial charge in [-0.3, -0.25) is 5.32 Å². The molecule has 1 aliphatic heterocycles. The molecule has 0 bridgehead atoms. The number of rotatable bonds is 7. The topological polar surface area (TPSA) is 14.1 Å². The summed E-state index contributed by atoms with van der Waals surface area (Å²) < 4.78 is 0. The molecule has 0 aromatic carbocycles. The van der Waals surface area contributed by atoms with E-state index in [9.17, 15) is 0 Å². The van der Waals surface area contributed by atoms with Crippen molar-refractivity contribution < 1.29 is 0 Å². The highest BCUT2D eigenvalue weighted by Crippen LogP contribution is 2.25. The average Bonchev–Trinajstić information content (AvgIpc) is 2.25. The van der Waals surface area contributed by atoms with Crippen molar-refractivity contribution in [2.75, 3.05) is 0 Å². The number of thioether (sulfide) groups is 1. The van der Waals surface area contributed by atoms with Crippen LogP contribution in [0.2, 0.25) is 0 Å². The van der Waals surface area contributed by atoms with Crippen molar-refractivity contribution in [3.8, 4) is 0 Å². The molecule has 0 saturated carbocycles. The summed E-state index contributed by atoms with van der Waals surface area (Å²) in [6, 6.07) is 0. The Balaban J connectivity index is 1.91. The first-order chi connectivity index (χ1) is 6.93. The molecule has 1 radical (unpaired) electrons. The summed E-state index contributed by atoms with van der Waals surface area (Å²) in [6.07, 6.45) is 13.3. The van der Waals surface area contributed by atoms with Crippen LogP contribution in [0.25, 0.3) is 0 Å². The van der Waals surface area contributed by atoms with Crippen molar-refractivity contribution >= 4 is 11.8 Å². The zero-order valence-corrected chi connectivity index (χ0v) is 9.85. The fourth-order valence-corrected chi connectivity index (χ4v) is 2.20. The van der Waals surface area contributed by atoms with Crippen LogP contribution in [0.1, 0.15) is 51.9 Å². The molecule has 1 nitrogen and oxygen atoms in total. The van der Waals surface area contributed by atoms with Crippen LogP contribution < -0.4 is 5.32 Å². The molecule has 0 aromatic heterocycles. The first kappa shape index (κ1) is 11.7. The van der Waals surface area contributed by atoms with Gasteiger partial charge < -0.3 is 0 Å². The molecule has 0 atom stereocenters. The van der Waals surface area contributed by atoms with Gasteiger partial charge in [0.2, 0.25) is 0 Å². The molecular formula is C12H20NS. The first-order valence-corrected chi connectivity index (χ1v) is 6.52. The number of nitrogens with zero attached hydrogens (tertiary/aromatic N) is 1. The zero-order valence-electron chi connectivity index (χ0n) is 9.04. The van der Waals surface area contributed by atoms with E-state index in [4.69, 9.17) is 0 Å². The van der Waals surface area contributed by atoms with Crippen LogP contribution in [0, 0.1) is 0 Å². The molecule has 0 fully saturated rings. The molecule has 2 heteroatoms. The predicted octanol–water partition coefficient (Wildman–Crippen LogP) is 4.40. The number of hydrogen-bond donors (Lipinski definition) is 0. The van der Waals surface area contributed by atoms with Gasteiger partial charge in [-0.2, -0.15) is 0 Å². The van der Waals surface area contributed by atoms with Crippen LogP contribution >= 0.6 is 11.8 Å². The highest BCUT2D eigenvalue weighted by molar-refractivity contribution is 8.05. The Labute approximate surface area is 92.0 Å². The van der Waals surface area contributed by atoms with E-state index in [1.807, 2.05) is 24.2 Å². The van der Waals surface area contributed by atoms with Crippen molar-refractivity contribution in [1.29, 1.82) is 0 Å². The highest BCUT2D eigenvalue weighted by Gasteiger charge is 1.99. The number of hydrogen-bond acceptors (Lipinski definition) is 1. The molecule has 79 valence electrons. The molecule has 0 spiro atoms. The maximum absolute atomic E-state index is 4.12. The maximum atomic E-state index is 4.12. The van der Waals surface area contributed by atoms with E-state index in [1.54, 1.807) is 0 Å². The average molecular weight is 210 g/mol. The second-order valence-electron chi connectivity index (χ2n) is 3.67. The van der Waals surface area contributed by atoms with Gasteiger partial charge in [-0.1, -0.05) is 50.8 Å². The van der Waals surface area contributed by atoms with Gasteiger partial charge in [-0.15, -0.1) is 0 Å². The van der Waals surface area contributed by atoms with E-state index in [0.29, 0.717) is 0 Å². The minimum absolute atomic E-state index is 1.21. The summed E-state index contributed by atoms with van der Waals surface area (Å²) in [5.74, 6) is 0. The minimum atomic E-state index is 1.21. The first-order valence-electron chi connectivity index (χ1n) is 5.64. The van der Waals surface area contributed by atoms with Gasteiger partial charge >= 0.3 is 0 Å². The summed E-state index contributed by atoms with van der Waals surface area (Å²) in [6.45, 7) is 2.26. The van der Waals surface area contributed by atoms with Crippen LogP contribution in [0.3, 0.4) is 0 Å². The third kappa shape index (κ3) is 5.38. The van der Waals surface area contributed by atoms with Crippen LogP contribution in [0.15, 0.2) is 22.7 Å². The third-order valence-electron chi connectivity index (χ3n) is 2.36. The normalized spacial score (nSPS) is 15.1. The van der Waals surface area contributed by atoms with Gasteiger partial charge in [0, 0.05) is 17.3 Å². The molecule has 0 saturated heterocycles. The molecule has 1 aliphatic rings. The zero-order chi connectivity index (χ0) is 10.1. The van der Waals surface area contributed by atoms with Gasteiger partial charge in [-0.05, 0) is 18.2 Å². The SMILES string of the molecule is CCCCCCCCC1=C[N]C=CS1. The summed E-state index contributed by atoms with van der Waals surface area (Å²) >= 11 is 1.82. The number of allylic oxidation sites excluding steroid dienone is 1. The van der Waals surface area contributed by atoms with Gasteiger partial charge in [0.1, 0.15) is 0 Å². The Morgan fingerprint density at radius 2 is 1.93 bits per heavy atom. The van der Waals surface area contributed by atoms with E-state index in [2.05, 4.69) is 17.6 Å². The largest absolute Gasteiger partial charge is 0.263 e. The standard InChI is InChI=1S/C12H20NS/c1-2-3-4-5-6-7-8-12-11-13-9-10-14-12/h9-11H,2-8H2,1H3. The Morgan fingerprint density at radius 1 is 1.14 bits per heavy atom. The summed E-state index contributed by atoms with van der Waals surface area (Å²) in [5.41, 5.74) is 0. The lowest BCUT2D eigenvalue weighted by Gasteiger charge is -2.06. The quantitative estimate of drug-likeness (QED) is 0.568. The Morgan fingerprint density at radius 3 is 2.64 bits per heavy atom. The molecule has 0 aromatic rings. The van der Waals surface area contributed by atoms with Crippen LogP contribution in [0.5, 0.6) is 0 Å². The molecule has 0 amide bonds. The lowest BCUT2D eigenvalue weighted by Crippen LogP contribution is -1.90. The van der Waals surface area contributed by atoms with E-state index in [1.165, 1.54) is 49.9 Å². The Kier molecular flexibility index (Phi) is 6.67. The molecule has 14 heavy (non-hydrogen) atoms. The molecule has 0 aliphatic carbocycles. The molecule has 0 unspecified atom stereocenters. The lowest BCUT2D eigenvalue weighted by atomic mass is 10.1. The second-order valence-corrected chi connectivity index (χ2v) is 4.70. The monoisotopic (exact) mass is 210 g/mol. The maximum Gasteiger partial charge on any atom is 0.0366 e. The smallest absolute Gasteiger partial charge is 0.0366 e. The molecule has 1 heterocycles. The minimum Gasteiger partial charge on any atom is -0.263 e. The van der Waals surface area contributed by atoms with Crippen molar-refractivity contribution in [3.05, 3.63) is 22.7 Å². The van der Waals surface area contributed by atoms with Crippen molar-refractivity contribution in [3.63, 3.8) is 0 Å². The Bertz CT molecular complexity index is 196. The highest BCUT2D eigenvalue weighted by atomic mass is 32.2. The van der Waals surface area contributed by atoms with Crippen molar-refractivity contribution in [2.45, 2.75) is 51.9 Å². The van der Waals surface area contributed by atoms with Crippen LogP contribution in [-0.4, -0.2) is 0 Å². The van der Waals surface area contributed by atoms with E-state index in [0.717, 1.165) is 0 Å². The third-order valence-corrected chi connectivity index (χ3v) is 3.23. The lowest BCUT2D eigenvalue weighted by molar-refractivity contribution is 0.610. The Hall–Kier alpha value is -0.370. The van der Waals surface area contributed by atoms with Gasteiger partial charge in [0.05, 0.1) is 0 Å². The predicted molar refractivity (Wildman–Crippen MR) is 64.9 cm³/mol. The van der Waals surface area contributed by atoms with E-state index < -0.39 is 0 Å². The van der Waals surface area contributed by atoms with Crippen molar-refractivity contribution in [2.24, 2.45) is 0 Å². The summed E-state index contributed by atoms with van der Waals surface area (Å²) in [7, 11) is 0. The summed E-state index contributed by atoms with van der Waals surface area (Å²) in [4.78, 5) is 1.42. The second kappa shape index (κ2) is 7.98.